The lowest BCUT2D eigenvalue weighted by molar-refractivity contribution is -0.119. The number of methoxy groups -OCH3 is 1. The summed E-state index contributed by atoms with van der Waals surface area (Å²) in [4.78, 5) is 28.5. The highest BCUT2D eigenvalue weighted by Crippen LogP contribution is 2.39. The molecule has 3 aliphatic carbocycles. The Morgan fingerprint density at radius 1 is 0.953 bits per heavy atom. The first kappa shape index (κ1) is 40.9. The molecule has 2 saturated carbocycles. The average Bonchev–Trinajstić information content (AvgIpc) is 3.50. The highest BCUT2D eigenvalue weighted by molar-refractivity contribution is 7.15. The molecule has 43 heavy (non-hydrogen) atoms. The zero-order valence-corrected chi connectivity index (χ0v) is 30.2. The van der Waals surface area contributed by atoms with Gasteiger partial charge in [-0.1, -0.05) is 80.7 Å². The summed E-state index contributed by atoms with van der Waals surface area (Å²) >= 11 is 1.45. The fourth-order valence-corrected chi connectivity index (χ4v) is 6.70. The number of carbonyl (C=O) groups excluding carboxylic acids is 2. The molecule has 1 aromatic heterocycles. The van der Waals surface area contributed by atoms with Crippen LogP contribution in [-0.2, 0) is 9.53 Å². The number of hydrogen-bond acceptors (Lipinski definition) is 5. The van der Waals surface area contributed by atoms with Crippen molar-refractivity contribution in [1.29, 1.82) is 5.26 Å². The molecule has 6 heteroatoms. The van der Waals surface area contributed by atoms with Crippen molar-refractivity contribution in [2.75, 3.05) is 19.1 Å². The molecule has 1 heterocycles. The molecule has 0 aliphatic heterocycles. The molecule has 4 rings (SSSR count). The third-order valence-corrected chi connectivity index (χ3v) is 9.40. The number of allylic oxidation sites excluding steroid dienone is 2. The Balaban J connectivity index is 0.000000914. The molecule has 0 saturated heterocycles. The van der Waals surface area contributed by atoms with Gasteiger partial charge in [0.25, 0.3) is 0 Å². The molecule has 1 aromatic rings. The molecule has 0 N–H and O–H groups in total. The van der Waals surface area contributed by atoms with Crippen molar-refractivity contribution in [2.24, 2.45) is 23.7 Å². The third kappa shape index (κ3) is 14.9. The SMILES string of the molecule is CC.CC.CC1CCC(C#N)CC1.CCC.COC(=O)c1sc(C2=CCCCC2)cc1N(C)C(=O)CC1CCC(C)CC1. The van der Waals surface area contributed by atoms with Gasteiger partial charge in [0.15, 0.2) is 0 Å². The predicted octanol–water partition coefficient (Wildman–Crippen LogP) is 11.5. The molecule has 0 radical (unpaired) electrons. The number of amides is 1. The Kier molecular flexibility index (Phi) is 23.0. The minimum atomic E-state index is -0.358. The van der Waals surface area contributed by atoms with E-state index in [9.17, 15) is 9.59 Å². The second-order valence-electron chi connectivity index (χ2n) is 11.9. The molecular weight excluding hydrogens is 552 g/mol. The third-order valence-electron chi connectivity index (χ3n) is 8.22. The van der Waals surface area contributed by atoms with Gasteiger partial charge >= 0.3 is 5.97 Å². The number of anilines is 1. The molecule has 0 spiro atoms. The normalized spacial score (nSPS) is 22.5. The minimum absolute atomic E-state index is 0.0988. The van der Waals surface area contributed by atoms with Crippen LogP contribution in [0.4, 0.5) is 5.69 Å². The van der Waals surface area contributed by atoms with E-state index in [1.807, 2.05) is 33.8 Å². The Morgan fingerprint density at radius 3 is 1.95 bits per heavy atom. The lowest BCUT2D eigenvalue weighted by Gasteiger charge is -2.27. The molecule has 0 aromatic carbocycles. The number of ether oxygens (including phenoxy) is 1. The quantitative estimate of drug-likeness (QED) is 0.309. The molecule has 246 valence electrons. The summed E-state index contributed by atoms with van der Waals surface area (Å²) in [7, 11) is 3.19. The summed E-state index contributed by atoms with van der Waals surface area (Å²) in [6, 6.07) is 4.33. The summed E-state index contributed by atoms with van der Waals surface area (Å²) in [5, 5.41) is 8.53. The first-order valence-corrected chi connectivity index (χ1v) is 18.1. The van der Waals surface area contributed by atoms with E-state index in [1.165, 1.54) is 69.0 Å². The van der Waals surface area contributed by atoms with Crippen LogP contribution in [0.5, 0.6) is 0 Å². The van der Waals surface area contributed by atoms with Gasteiger partial charge in [-0.25, -0.2) is 4.79 Å². The summed E-state index contributed by atoms with van der Waals surface area (Å²) < 4.78 is 4.98. The summed E-state index contributed by atoms with van der Waals surface area (Å²) in [5.74, 6) is 2.24. The van der Waals surface area contributed by atoms with Crippen molar-refractivity contribution in [3.63, 3.8) is 0 Å². The number of nitriles is 1. The van der Waals surface area contributed by atoms with E-state index >= 15 is 0 Å². The van der Waals surface area contributed by atoms with Gasteiger partial charge in [0.1, 0.15) is 4.88 Å². The maximum absolute atomic E-state index is 12.9. The largest absolute Gasteiger partial charge is 0.465 e. The maximum atomic E-state index is 12.9. The summed E-state index contributed by atoms with van der Waals surface area (Å²) in [5.41, 5.74) is 1.99. The second-order valence-corrected chi connectivity index (χ2v) is 12.9. The van der Waals surface area contributed by atoms with Gasteiger partial charge in [-0.3, -0.25) is 4.79 Å². The van der Waals surface area contributed by atoms with Gasteiger partial charge in [-0.2, -0.15) is 5.26 Å². The van der Waals surface area contributed by atoms with Crippen molar-refractivity contribution in [3.05, 3.63) is 21.9 Å². The Labute approximate surface area is 269 Å². The van der Waals surface area contributed by atoms with Gasteiger partial charge in [0.2, 0.25) is 5.91 Å². The van der Waals surface area contributed by atoms with Crippen LogP contribution in [0.1, 0.15) is 160 Å². The number of carbonyl (C=O) groups is 2. The van der Waals surface area contributed by atoms with Crippen LogP contribution in [0.25, 0.3) is 5.57 Å². The van der Waals surface area contributed by atoms with Crippen LogP contribution in [0.3, 0.4) is 0 Å². The van der Waals surface area contributed by atoms with Crippen LogP contribution in [-0.4, -0.2) is 26.0 Å². The molecule has 0 unspecified atom stereocenters. The van der Waals surface area contributed by atoms with Crippen LogP contribution >= 0.6 is 11.3 Å². The standard InChI is InChI=1S/C22H31NO3S.C8H13N.C3H8.2C2H6/c1-15-9-11-16(12-10-15)13-20(24)23(2)18-14-19(17-7-5-4-6-8-17)27-21(18)22(25)26-3;1-7-2-4-8(6-9)5-3-7;1-3-2;2*1-2/h7,14-16H,4-6,8-13H2,1-3H3;7-8H,2-5H2,1H3;3H2,1-2H3;2*1-2H3. The molecule has 0 bridgehead atoms. The minimum Gasteiger partial charge on any atom is -0.465 e. The monoisotopic (exact) mass is 616 g/mol. The number of hydrogen-bond donors (Lipinski definition) is 0. The molecule has 3 aliphatic rings. The molecule has 5 nitrogen and oxygen atoms in total. The maximum Gasteiger partial charge on any atom is 0.350 e. The van der Waals surface area contributed by atoms with E-state index in [0.717, 1.165) is 55.2 Å². The molecule has 1 amide bonds. The lowest BCUT2D eigenvalue weighted by atomic mass is 9.81. The van der Waals surface area contributed by atoms with Gasteiger partial charge < -0.3 is 9.64 Å². The van der Waals surface area contributed by atoms with Crippen LogP contribution in [0.2, 0.25) is 0 Å². The van der Waals surface area contributed by atoms with Crippen molar-refractivity contribution in [3.8, 4) is 6.07 Å². The lowest BCUT2D eigenvalue weighted by Crippen LogP contribution is -2.30. The number of esters is 1. The predicted molar refractivity (Wildman–Crippen MR) is 187 cm³/mol. The first-order valence-electron chi connectivity index (χ1n) is 17.3. The van der Waals surface area contributed by atoms with E-state index in [1.54, 1.807) is 11.9 Å². The summed E-state index contributed by atoms with van der Waals surface area (Å²) in [6.07, 6.45) is 18.1. The zero-order valence-electron chi connectivity index (χ0n) is 29.4. The number of thiophene rings is 1. The number of nitrogens with zero attached hydrogens (tertiary/aromatic N) is 2. The smallest absolute Gasteiger partial charge is 0.350 e. The van der Waals surface area contributed by atoms with E-state index in [-0.39, 0.29) is 11.9 Å². The topological polar surface area (TPSA) is 70.4 Å². The van der Waals surface area contributed by atoms with Crippen molar-refractivity contribution in [1.82, 2.24) is 0 Å². The second kappa shape index (κ2) is 24.2. The van der Waals surface area contributed by atoms with Crippen LogP contribution < -0.4 is 4.90 Å². The van der Waals surface area contributed by atoms with Gasteiger partial charge in [0, 0.05) is 24.3 Å². The van der Waals surface area contributed by atoms with Crippen LogP contribution in [0, 0.1) is 35.0 Å². The van der Waals surface area contributed by atoms with Crippen molar-refractivity contribution in [2.45, 2.75) is 145 Å². The zero-order chi connectivity index (χ0) is 32.8. The average molecular weight is 617 g/mol. The van der Waals surface area contributed by atoms with E-state index < -0.39 is 0 Å². The van der Waals surface area contributed by atoms with Gasteiger partial charge in [-0.15, -0.1) is 11.3 Å². The van der Waals surface area contributed by atoms with Gasteiger partial charge in [0.05, 0.1) is 18.9 Å². The Bertz CT molecular complexity index is 961. The molecule has 2 fully saturated rings. The van der Waals surface area contributed by atoms with E-state index in [0.29, 0.717) is 28.8 Å². The summed E-state index contributed by atoms with van der Waals surface area (Å²) in [6.45, 7) is 16.8. The van der Waals surface area contributed by atoms with E-state index in [2.05, 4.69) is 39.8 Å². The number of rotatable bonds is 5. The van der Waals surface area contributed by atoms with E-state index in [4.69, 9.17) is 10.00 Å². The van der Waals surface area contributed by atoms with Crippen LogP contribution in [0.15, 0.2) is 12.1 Å². The highest BCUT2D eigenvalue weighted by Gasteiger charge is 2.27. The van der Waals surface area contributed by atoms with Crippen molar-refractivity contribution < 1.29 is 14.3 Å². The molecule has 0 atom stereocenters. The fraction of sp³-hybridized carbons (Fsp3) is 0.757. The highest BCUT2D eigenvalue weighted by atomic mass is 32.1. The van der Waals surface area contributed by atoms with Crippen molar-refractivity contribution >= 4 is 34.5 Å². The Hall–Kier alpha value is -2.13. The fourth-order valence-electron chi connectivity index (χ4n) is 5.53. The first-order chi connectivity index (χ1) is 20.7. The molecular formula is C37H64N2O3S. The van der Waals surface area contributed by atoms with Gasteiger partial charge in [-0.05, 0) is 93.6 Å². The Morgan fingerprint density at radius 2 is 1.49 bits per heavy atom.